The van der Waals surface area contributed by atoms with E-state index in [2.05, 4.69) is 6.58 Å². The van der Waals surface area contributed by atoms with E-state index >= 15 is 0 Å². The highest BCUT2D eigenvalue weighted by molar-refractivity contribution is 6.18. The first-order valence-electron chi connectivity index (χ1n) is 9.64. The molecule has 30 heavy (non-hydrogen) atoms. The second-order valence-corrected chi connectivity index (χ2v) is 6.75. The number of hydrogen-bond donors (Lipinski definition) is 0. The zero-order valence-electron chi connectivity index (χ0n) is 16.4. The lowest BCUT2D eigenvalue weighted by Gasteiger charge is -2.24. The highest BCUT2D eigenvalue weighted by Gasteiger charge is 2.41. The van der Waals surface area contributed by atoms with Crippen LogP contribution in [0.2, 0.25) is 0 Å². The van der Waals surface area contributed by atoms with Crippen LogP contribution in [0, 0.1) is 5.92 Å². The standard InChI is InChI=1S/C26H22O4/c1-2-18-30-26(29)22(19-12-6-3-7-13-19)23(24(27)20-14-8-4-9-15-20)25(28)21-16-10-5-11-17-21/h2-17,22-23H,1,18H2. The number of esters is 1. The number of hydrogen-bond acceptors (Lipinski definition) is 4. The van der Waals surface area contributed by atoms with E-state index in [1.807, 2.05) is 6.07 Å². The van der Waals surface area contributed by atoms with Crippen LogP contribution in [0.25, 0.3) is 0 Å². The number of ether oxygens (including phenoxy) is 1. The molecule has 0 aliphatic rings. The monoisotopic (exact) mass is 398 g/mol. The topological polar surface area (TPSA) is 60.4 Å². The molecular formula is C26H22O4. The van der Waals surface area contributed by atoms with Crippen molar-refractivity contribution in [2.24, 2.45) is 5.92 Å². The first kappa shape index (κ1) is 20.9. The number of rotatable bonds is 9. The Kier molecular flexibility index (Phi) is 7.06. The zero-order chi connectivity index (χ0) is 21.3. The van der Waals surface area contributed by atoms with Gasteiger partial charge in [-0.05, 0) is 5.56 Å². The molecular weight excluding hydrogens is 376 g/mol. The molecule has 0 aliphatic carbocycles. The van der Waals surface area contributed by atoms with Crippen molar-refractivity contribution in [2.75, 3.05) is 6.61 Å². The smallest absolute Gasteiger partial charge is 0.314 e. The molecule has 3 rings (SSSR count). The average Bonchev–Trinajstić information content (AvgIpc) is 2.81. The van der Waals surface area contributed by atoms with E-state index in [9.17, 15) is 14.4 Å². The van der Waals surface area contributed by atoms with Crippen molar-refractivity contribution in [3.8, 4) is 0 Å². The maximum absolute atomic E-state index is 13.5. The maximum atomic E-state index is 13.5. The van der Waals surface area contributed by atoms with Gasteiger partial charge in [-0.3, -0.25) is 14.4 Å². The predicted molar refractivity (Wildman–Crippen MR) is 115 cm³/mol. The lowest BCUT2D eigenvalue weighted by atomic mass is 9.77. The second kappa shape index (κ2) is 10.1. The normalized spacial score (nSPS) is 11.5. The minimum absolute atomic E-state index is 0.00601. The Morgan fingerprint density at radius 2 is 1.17 bits per heavy atom. The van der Waals surface area contributed by atoms with Crippen molar-refractivity contribution in [1.82, 2.24) is 0 Å². The number of carbonyl (C=O) groups is 3. The molecule has 0 N–H and O–H groups in total. The van der Waals surface area contributed by atoms with E-state index < -0.39 is 29.4 Å². The quantitative estimate of drug-likeness (QED) is 0.223. The van der Waals surface area contributed by atoms with Gasteiger partial charge in [-0.1, -0.05) is 104 Å². The summed E-state index contributed by atoms with van der Waals surface area (Å²) in [6.07, 6.45) is 1.45. The van der Waals surface area contributed by atoms with Crippen LogP contribution in [0.15, 0.2) is 104 Å². The fourth-order valence-corrected chi connectivity index (χ4v) is 3.34. The van der Waals surface area contributed by atoms with E-state index in [-0.39, 0.29) is 6.61 Å². The summed E-state index contributed by atoms with van der Waals surface area (Å²) in [6, 6.07) is 25.8. The summed E-state index contributed by atoms with van der Waals surface area (Å²) < 4.78 is 5.30. The lowest BCUT2D eigenvalue weighted by Crippen LogP contribution is -2.35. The number of Topliss-reactive ketones (excluding diaryl/α,β-unsaturated/α-hetero) is 2. The van der Waals surface area contributed by atoms with Crippen LogP contribution < -0.4 is 0 Å². The van der Waals surface area contributed by atoms with E-state index in [1.54, 1.807) is 84.9 Å². The van der Waals surface area contributed by atoms with Gasteiger partial charge >= 0.3 is 5.97 Å². The highest BCUT2D eigenvalue weighted by atomic mass is 16.5. The summed E-state index contributed by atoms with van der Waals surface area (Å²) in [4.78, 5) is 40.0. The predicted octanol–water partition coefficient (Wildman–Crippen LogP) is 4.88. The molecule has 0 saturated heterocycles. The maximum Gasteiger partial charge on any atom is 0.314 e. The van der Waals surface area contributed by atoms with Crippen molar-refractivity contribution >= 4 is 17.5 Å². The van der Waals surface area contributed by atoms with Crippen LogP contribution in [0.1, 0.15) is 32.2 Å². The largest absolute Gasteiger partial charge is 0.461 e. The summed E-state index contributed by atoms with van der Waals surface area (Å²) in [5, 5.41) is 0. The molecule has 0 saturated carbocycles. The summed E-state index contributed by atoms with van der Waals surface area (Å²) in [7, 11) is 0. The van der Waals surface area contributed by atoms with Gasteiger partial charge in [-0.2, -0.15) is 0 Å². The van der Waals surface area contributed by atoms with Gasteiger partial charge in [-0.15, -0.1) is 0 Å². The van der Waals surface area contributed by atoms with Gasteiger partial charge in [0, 0.05) is 11.1 Å². The molecule has 0 amide bonds. The SMILES string of the molecule is C=CCOC(=O)C(c1ccccc1)C(C(=O)c1ccccc1)C(=O)c1ccccc1. The molecule has 150 valence electrons. The number of benzene rings is 3. The third kappa shape index (κ3) is 4.78. The van der Waals surface area contributed by atoms with E-state index in [4.69, 9.17) is 4.74 Å². The first-order chi connectivity index (χ1) is 14.6. The van der Waals surface area contributed by atoms with Gasteiger partial charge in [0.1, 0.15) is 12.5 Å². The fourth-order valence-electron chi connectivity index (χ4n) is 3.34. The molecule has 0 heterocycles. The van der Waals surface area contributed by atoms with Gasteiger partial charge in [-0.25, -0.2) is 0 Å². The number of carbonyl (C=O) groups excluding carboxylic acids is 3. The minimum Gasteiger partial charge on any atom is -0.461 e. The van der Waals surface area contributed by atoms with Crippen LogP contribution in [-0.4, -0.2) is 24.1 Å². The Morgan fingerprint density at radius 1 is 0.733 bits per heavy atom. The summed E-state index contributed by atoms with van der Waals surface area (Å²) in [5.74, 6) is -3.82. The molecule has 0 aromatic heterocycles. The molecule has 0 aliphatic heterocycles. The number of ketones is 2. The van der Waals surface area contributed by atoms with Gasteiger partial charge in [0.25, 0.3) is 0 Å². The van der Waals surface area contributed by atoms with Crippen LogP contribution in [-0.2, 0) is 9.53 Å². The van der Waals surface area contributed by atoms with Crippen molar-refractivity contribution in [3.63, 3.8) is 0 Å². The minimum atomic E-state index is -1.26. The third-order valence-corrected chi connectivity index (χ3v) is 4.77. The molecule has 3 aromatic rings. The van der Waals surface area contributed by atoms with Crippen LogP contribution in [0.5, 0.6) is 0 Å². The molecule has 0 fully saturated rings. The average molecular weight is 398 g/mol. The Balaban J connectivity index is 2.13. The Labute approximate surface area is 175 Å². The van der Waals surface area contributed by atoms with Gasteiger partial charge in [0.2, 0.25) is 0 Å². The van der Waals surface area contributed by atoms with Crippen molar-refractivity contribution in [1.29, 1.82) is 0 Å². The molecule has 4 heteroatoms. The van der Waals surface area contributed by atoms with E-state index in [0.717, 1.165) is 0 Å². The summed E-state index contributed by atoms with van der Waals surface area (Å²) in [5.41, 5.74) is 1.28. The Hall–Kier alpha value is -3.79. The molecule has 0 spiro atoms. The van der Waals surface area contributed by atoms with Crippen LogP contribution in [0.4, 0.5) is 0 Å². The van der Waals surface area contributed by atoms with Gasteiger partial charge in [0.05, 0.1) is 5.92 Å². The van der Waals surface area contributed by atoms with Gasteiger partial charge in [0.15, 0.2) is 11.6 Å². The lowest BCUT2D eigenvalue weighted by molar-refractivity contribution is -0.145. The zero-order valence-corrected chi connectivity index (χ0v) is 16.4. The van der Waals surface area contributed by atoms with E-state index in [1.165, 1.54) is 6.08 Å². The van der Waals surface area contributed by atoms with E-state index in [0.29, 0.717) is 16.7 Å². The van der Waals surface area contributed by atoms with Crippen molar-refractivity contribution in [2.45, 2.75) is 5.92 Å². The fraction of sp³-hybridized carbons (Fsp3) is 0.115. The summed E-state index contributed by atoms with van der Waals surface area (Å²) >= 11 is 0. The Bertz CT molecular complexity index is 959. The van der Waals surface area contributed by atoms with Gasteiger partial charge < -0.3 is 4.74 Å². The Morgan fingerprint density at radius 3 is 1.60 bits per heavy atom. The van der Waals surface area contributed by atoms with Crippen LogP contribution >= 0.6 is 0 Å². The molecule has 4 nitrogen and oxygen atoms in total. The molecule has 1 unspecified atom stereocenters. The molecule has 3 aromatic carbocycles. The molecule has 1 atom stereocenters. The van der Waals surface area contributed by atoms with Crippen molar-refractivity contribution in [3.05, 3.63) is 120 Å². The highest BCUT2D eigenvalue weighted by Crippen LogP contribution is 2.32. The second-order valence-electron chi connectivity index (χ2n) is 6.75. The summed E-state index contributed by atoms with van der Waals surface area (Å²) in [6.45, 7) is 3.56. The molecule has 0 radical (unpaired) electrons. The third-order valence-electron chi connectivity index (χ3n) is 4.77. The molecule has 0 bridgehead atoms. The van der Waals surface area contributed by atoms with Crippen molar-refractivity contribution < 1.29 is 19.1 Å². The van der Waals surface area contributed by atoms with Crippen LogP contribution in [0.3, 0.4) is 0 Å². The first-order valence-corrected chi connectivity index (χ1v) is 9.64.